The fraction of sp³-hybridized carbons (Fsp3) is 0.381. The van der Waals surface area contributed by atoms with Crippen molar-refractivity contribution in [3.05, 3.63) is 41.1 Å². The minimum Gasteiger partial charge on any atom is -0.497 e. The molecular formula is C21H23N3O3S. The number of benzene rings is 1. The number of nitrogens with one attached hydrogen (secondary N) is 1. The van der Waals surface area contributed by atoms with Gasteiger partial charge in [0, 0.05) is 23.9 Å². The Balaban J connectivity index is 1.59. The van der Waals surface area contributed by atoms with Crippen LogP contribution in [0.2, 0.25) is 0 Å². The lowest BCUT2D eigenvalue weighted by Crippen LogP contribution is -2.13. The molecule has 0 aliphatic heterocycles. The Hall–Kier alpha value is -2.72. The van der Waals surface area contributed by atoms with Gasteiger partial charge in [-0.25, -0.2) is 4.98 Å². The second-order valence-corrected chi connectivity index (χ2v) is 7.56. The van der Waals surface area contributed by atoms with Crippen molar-refractivity contribution in [2.24, 2.45) is 0 Å². The van der Waals surface area contributed by atoms with Gasteiger partial charge in [0.1, 0.15) is 22.6 Å². The van der Waals surface area contributed by atoms with Crippen LogP contribution in [0.3, 0.4) is 0 Å². The molecule has 0 unspecified atom stereocenters. The van der Waals surface area contributed by atoms with Crippen LogP contribution in [0, 0.1) is 11.3 Å². The number of nitrogens with zero attached hydrogens (tertiary/aromatic N) is 2. The molecule has 0 saturated carbocycles. The number of hydrogen-bond donors (Lipinski definition) is 1. The van der Waals surface area contributed by atoms with Gasteiger partial charge in [-0.05, 0) is 49.4 Å². The van der Waals surface area contributed by atoms with Crippen LogP contribution in [-0.2, 0) is 17.6 Å². The van der Waals surface area contributed by atoms with E-state index in [1.54, 1.807) is 32.4 Å². The maximum atomic E-state index is 12.3. The Morgan fingerprint density at radius 3 is 2.82 bits per heavy atom. The van der Waals surface area contributed by atoms with E-state index in [2.05, 4.69) is 16.4 Å². The largest absolute Gasteiger partial charge is 0.497 e. The Morgan fingerprint density at radius 2 is 2.07 bits per heavy atom. The van der Waals surface area contributed by atoms with E-state index in [-0.39, 0.29) is 5.91 Å². The molecular weight excluding hydrogens is 374 g/mol. The van der Waals surface area contributed by atoms with E-state index >= 15 is 0 Å². The van der Waals surface area contributed by atoms with E-state index in [4.69, 9.17) is 9.47 Å². The molecule has 146 valence electrons. The van der Waals surface area contributed by atoms with Crippen molar-refractivity contribution in [2.75, 3.05) is 25.3 Å². The summed E-state index contributed by atoms with van der Waals surface area (Å²) in [6, 6.07) is 9.44. The molecule has 6 nitrogen and oxygen atoms in total. The number of anilines is 1. The van der Waals surface area contributed by atoms with E-state index in [0.29, 0.717) is 34.9 Å². The molecule has 0 bridgehead atoms. The summed E-state index contributed by atoms with van der Waals surface area (Å²) in [7, 11) is 3.12. The van der Waals surface area contributed by atoms with Crippen LogP contribution in [0.4, 0.5) is 5.69 Å². The molecule has 1 aromatic carbocycles. The lowest BCUT2D eigenvalue weighted by Gasteiger charge is -2.16. The molecule has 1 aliphatic rings. The Morgan fingerprint density at radius 1 is 1.25 bits per heavy atom. The fourth-order valence-electron chi connectivity index (χ4n) is 3.16. The third-order valence-electron chi connectivity index (χ3n) is 4.64. The van der Waals surface area contributed by atoms with E-state index in [1.165, 1.54) is 17.3 Å². The zero-order valence-corrected chi connectivity index (χ0v) is 16.9. The molecule has 1 heterocycles. The monoisotopic (exact) mass is 397 g/mol. The van der Waals surface area contributed by atoms with E-state index < -0.39 is 0 Å². The normalized spacial score (nSPS) is 12.6. The highest BCUT2D eigenvalue weighted by Crippen LogP contribution is 2.30. The molecule has 7 heteroatoms. The minimum atomic E-state index is -0.118. The first-order chi connectivity index (χ1) is 13.6. The number of fused-ring (bicyclic) bond motifs is 1. The molecule has 0 spiro atoms. The molecule has 28 heavy (non-hydrogen) atoms. The molecule has 0 atom stereocenters. The first kappa shape index (κ1) is 20.0. The molecule has 3 rings (SSSR count). The third-order valence-corrected chi connectivity index (χ3v) is 5.63. The predicted molar refractivity (Wildman–Crippen MR) is 109 cm³/mol. The van der Waals surface area contributed by atoms with Crippen molar-refractivity contribution < 1.29 is 14.3 Å². The average molecular weight is 398 g/mol. The molecule has 1 aromatic heterocycles. The van der Waals surface area contributed by atoms with Gasteiger partial charge in [0.25, 0.3) is 0 Å². The number of thioether (sulfide) groups is 1. The minimum absolute atomic E-state index is 0.118. The first-order valence-electron chi connectivity index (χ1n) is 9.22. The average Bonchev–Trinajstić information content (AvgIpc) is 2.73. The zero-order valence-electron chi connectivity index (χ0n) is 16.1. The summed E-state index contributed by atoms with van der Waals surface area (Å²) in [6.07, 6.45) is 4.56. The summed E-state index contributed by atoms with van der Waals surface area (Å²) in [6.45, 7) is 0. The van der Waals surface area contributed by atoms with Crippen LogP contribution in [0.25, 0.3) is 0 Å². The van der Waals surface area contributed by atoms with E-state index in [1.807, 2.05) is 6.07 Å². The lowest BCUT2D eigenvalue weighted by atomic mass is 9.95. The van der Waals surface area contributed by atoms with Crippen LogP contribution in [0.5, 0.6) is 11.5 Å². The lowest BCUT2D eigenvalue weighted by molar-refractivity contribution is -0.115. The highest BCUT2D eigenvalue weighted by Gasteiger charge is 2.16. The smallest absolute Gasteiger partial charge is 0.225 e. The molecule has 1 amide bonds. The van der Waals surface area contributed by atoms with Crippen molar-refractivity contribution in [2.45, 2.75) is 37.1 Å². The van der Waals surface area contributed by atoms with Gasteiger partial charge < -0.3 is 14.8 Å². The van der Waals surface area contributed by atoms with Gasteiger partial charge in [-0.3, -0.25) is 4.79 Å². The quantitative estimate of drug-likeness (QED) is 0.712. The topological polar surface area (TPSA) is 84.2 Å². The number of pyridine rings is 1. The second-order valence-electron chi connectivity index (χ2n) is 6.48. The number of hydrogen-bond acceptors (Lipinski definition) is 6. The number of aryl methyl sites for hydroxylation is 2. The van der Waals surface area contributed by atoms with Gasteiger partial charge in [0.15, 0.2) is 0 Å². The first-order valence-corrected chi connectivity index (χ1v) is 10.2. The van der Waals surface area contributed by atoms with Crippen LogP contribution < -0.4 is 14.8 Å². The summed E-state index contributed by atoms with van der Waals surface area (Å²) in [4.78, 5) is 17.0. The van der Waals surface area contributed by atoms with Gasteiger partial charge in [-0.2, -0.15) is 5.26 Å². The van der Waals surface area contributed by atoms with Crippen molar-refractivity contribution in [1.29, 1.82) is 5.26 Å². The zero-order chi connectivity index (χ0) is 19.9. The number of methoxy groups -OCH3 is 2. The maximum Gasteiger partial charge on any atom is 0.225 e. The standard InChI is InChI=1S/C21H23N3O3S/c1-26-16-7-8-18(19(12-16)27-2)23-20(25)9-10-28-21-15(13-22)11-14-5-3-4-6-17(14)24-21/h7-8,11-12H,3-6,9-10H2,1-2H3,(H,23,25). The Labute approximate surface area is 169 Å². The third kappa shape index (κ3) is 4.76. The molecule has 1 aliphatic carbocycles. The summed E-state index contributed by atoms with van der Waals surface area (Å²) >= 11 is 1.45. The summed E-state index contributed by atoms with van der Waals surface area (Å²) in [5.41, 5.74) is 3.49. The number of amides is 1. The van der Waals surface area contributed by atoms with Gasteiger partial charge in [0.2, 0.25) is 5.91 Å². The number of carbonyl (C=O) groups excluding carboxylic acids is 1. The molecule has 0 fully saturated rings. The van der Waals surface area contributed by atoms with Crippen LogP contribution in [0.15, 0.2) is 29.3 Å². The van der Waals surface area contributed by atoms with Crippen LogP contribution in [0.1, 0.15) is 36.1 Å². The highest BCUT2D eigenvalue weighted by molar-refractivity contribution is 7.99. The fourth-order valence-corrected chi connectivity index (χ4v) is 4.08. The number of carbonyl (C=O) groups is 1. The number of rotatable bonds is 7. The van der Waals surface area contributed by atoms with Crippen molar-refractivity contribution in [3.63, 3.8) is 0 Å². The van der Waals surface area contributed by atoms with Crippen molar-refractivity contribution in [3.8, 4) is 17.6 Å². The van der Waals surface area contributed by atoms with Gasteiger partial charge in [-0.15, -0.1) is 11.8 Å². The van der Waals surface area contributed by atoms with Crippen LogP contribution in [-0.4, -0.2) is 30.9 Å². The Kier molecular flexibility index (Phi) is 6.77. The maximum absolute atomic E-state index is 12.3. The SMILES string of the molecule is COc1ccc(NC(=O)CCSc2nc3c(cc2C#N)CCCC3)c(OC)c1. The van der Waals surface area contributed by atoms with Gasteiger partial charge in [-0.1, -0.05) is 0 Å². The number of ether oxygens (including phenoxy) is 2. The van der Waals surface area contributed by atoms with Gasteiger partial charge >= 0.3 is 0 Å². The number of nitriles is 1. The Bertz CT molecular complexity index is 908. The summed E-state index contributed by atoms with van der Waals surface area (Å²) < 4.78 is 10.5. The summed E-state index contributed by atoms with van der Waals surface area (Å²) in [5.74, 6) is 1.63. The highest BCUT2D eigenvalue weighted by atomic mass is 32.2. The second kappa shape index (κ2) is 9.47. The molecule has 0 saturated heterocycles. The van der Waals surface area contributed by atoms with E-state index in [9.17, 15) is 10.1 Å². The predicted octanol–water partition coefficient (Wildman–Crippen LogP) is 3.97. The van der Waals surface area contributed by atoms with Gasteiger partial charge in [0.05, 0.1) is 25.5 Å². The van der Waals surface area contributed by atoms with Crippen LogP contribution >= 0.6 is 11.8 Å². The van der Waals surface area contributed by atoms with Crippen molar-refractivity contribution in [1.82, 2.24) is 4.98 Å². The van der Waals surface area contributed by atoms with Crippen molar-refractivity contribution >= 4 is 23.4 Å². The molecule has 2 aromatic rings. The molecule has 1 N–H and O–H groups in total. The summed E-state index contributed by atoms with van der Waals surface area (Å²) in [5, 5.41) is 13.0. The molecule has 0 radical (unpaired) electrons. The van der Waals surface area contributed by atoms with E-state index in [0.717, 1.165) is 36.4 Å². The number of aromatic nitrogens is 1.